The molecule has 3 rings (SSSR count). The topological polar surface area (TPSA) is 58.6 Å². The Morgan fingerprint density at radius 3 is 2.81 bits per heavy atom. The average molecular weight is 546 g/mol. The predicted molar refractivity (Wildman–Crippen MR) is 136 cm³/mol. The van der Waals surface area contributed by atoms with Gasteiger partial charge in [-0.3, -0.25) is 4.90 Å². The van der Waals surface area contributed by atoms with Crippen molar-refractivity contribution >= 4 is 29.9 Å². The van der Waals surface area contributed by atoms with E-state index in [1.54, 1.807) is 0 Å². The molecular formula is C23H39IN4O3. The number of ether oxygens (including phenoxy) is 3. The van der Waals surface area contributed by atoms with Crippen molar-refractivity contribution in [3.63, 3.8) is 0 Å². The van der Waals surface area contributed by atoms with Gasteiger partial charge in [-0.15, -0.1) is 24.0 Å². The lowest BCUT2D eigenvalue weighted by Crippen LogP contribution is -2.40. The summed E-state index contributed by atoms with van der Waals surface area (Å²) >= 11 is 0. The number of likely N-dealkylation sites (N-methyl/N-ethyl adjacent to an activating group) is 1. The van der Waals surface area contributed by atoms with Gasteiger partial charge >= 0.3 is 0 Å². The largest absolute Gasteiger partial charge is 0.492 e. The van der Waals surface area contributed by atoms with Crippen LogP contribution in [0.2, 0.25) is 0 Å². The molecule has 1 aliphatic heterocycles. The third-order valence-electron chi connectivity index (χ3n) is 5.41. The molecule has 176 valence electrons. The fraction of sp³-hybridized carbons (Fsp3) is 0.696. The van der Waals surface area contributed by atoms with Crippen molar-refractivity contribution in [2.45, 2.75) is 26.3 Å². The Balaban J connectivity index is 0.00000341. The maximum Gasteiger partial charge on any atom is 0.194 e. The molecule has 2 fully saturated rings. The highest BCUT2D eigenvalue weighted by Crippen LogP contribution is 2.28. The molecule has 1 aliphatic carbocycles. The lowest BCUT2D eigenvalue weighted by atomic mass is 10.2. The van der Waals surface area contributed by atoms with Crippen molar-refractivity contribution in [2.24, 2.45) is 10.9 Å². The van der Waals surface area contributed by atoms with Gasteiger partial charge < -0.3 is 24.4 Å². The highest BCUT2D eigenvalue weighted by Gasteiger charge is 2.21. The van der Waals surface area contributed by atoms with Crippen LogP contribution in [0, 0.1) is 5.92 Å². The average Bonchev–Trinajstić information content (AvgIpc) is 3.60. The lowest BCUT2D eigenvalue weighted by Gasteiger charge is -2.26. The van der Waals surface area contributed by atoms with Gasteiger partial charge in [0.05, 0.1) is 26.4 Å². The van der Waals surface area contributed by atoms with E-state index in [2.05, 4.69) is 41.2 Å². The van der Waals surface area contributed by atoms with E-state index in [9.17, 15) is 0 Å². The van der Waals surface area contributed by atoms with Crippen LogP contribution in [0.3, 0.4) is 0 Å². The van der Waals surface area contributed by atoms with Crippen molar-refractivity contribution in [1.82, 2.24) is 15.1 Å². The first-order valence-corrected chi connectivity index (χ1v) is 11.3. The number of guanidine groups is 1. The summed E-state index contributed by atoms with van der Waals surface area (Å²) in [6, 6.07) is 8.24. The zero-order chi connectivity index (χ0) is 21.0. The number of halogens is 1. The van der Waals surface area contributed by atoms with Gasteiger partial charge in [0.2, 0.25) is 0 Å². The zero-order valence-electron chi connectivity index (χ0n) is 19.1. The van der Waals surface area contributed by atoms with Gasteiger partial charge in [-0.1, -0.05) is 12.1 Å². The second kappa shape index (κ2) is 14.9. The van der Waals surface area contributed by atoms with Crippen LogP contribution in [-0.2, 0) is 16.0 Å². The second-order valence-electron chi connectivity index (χ2n) is 8.06. The molecule has 0 radical (unpaired) electrons. The smallest absolute Gasteiger partial charge is 0.194 e. The maximum atomic E-state index is 5.97. The first-order chi connectivity index (χ1) is 14.7. The van der Waals surface area contributed by atoms with Crippen LogP contribution >= 0.6 is 24.0 Å². The van der Waals surface area contributed by atoms with Crippen molar-refractivity contribution in [3.8, 4) is 5.75 Å². The van der Waals surface area contributed by atoms with Gasteiger partial charge in [0.25, 0.3) is 0 Å². The number of nitrogens with zero attached hydrogens (tertiary/aromatic N) is 3. The molecule has 1 aromatic rings. The number of morpholine rings is 1. The Labute approximate surface area is 204 Å². The number of benzene rings is 1. The Bertz CT molecular complexity index is 651. The summed E-state index contributed by atoms with van der Waals surface area (Å²) in [6.07, 6.45) is 2.66. The summed E-state index contributed by atoms with van der Waals surface area (Å²) in [5.41, 5.74) is 1.15. The number of hydrogen-bond donors (Lipinski definition) is 1. The molecule has 31 heavy (non-hydrogen) atoms. The van der Waals surface area contributed by atoms with Gasteiger partial charge in [0.15, 0.2) is 5.96 Å². The molecule has 2 aliphatic rings. The Hall–Kier alpha value is -1.10. The molecule has 0 spiro atoms. The highest BCUT2D eigenvalue weighted by molar-refractivity contribution is 14.0. The number of hydrogen-bond acceptors (Lipinski definition) is 5. The highest BCUT2D eigenvalue weighted by atomic mass is 127. The first-order valence-electron chi connectivity index (χ1n) is 11.3. The van der Waals surface area contributed by atoms with E-state index in [-0.39, 0.29) is 24.0 Å². The molecule has 1 saturated carbocycles. The molecule has 0 amide bonds. The van der Waals surface area contributed by atoms with E-state index in [0.717, 1.165) is 82.3 Å². The number of nitrogens with one attached hydrogen (secondary N) is 1. The summed E-state index contributed by atoms with van der Waals surface area (Å²) in [5.74, 6) is 2.62. The van der Waals surface area contributed by atoms with Crippen LogP contribution in [0.25, 0.3) is 0 Å². The van der Waals surface area contributed by atoms with Crippen LogP contribution in [-0.4, -0.2) is 88.6 Å². The van der Waals surface area contributed by atoms with E-state index in [1.807, 2.05) is 12.1 Å². The standard InChI is InChI=1S/C23H38N4O3.HI/c1-3-24-23(26(2)9-13-29-19-20-7-8-20)25-18-21-5-4-6-22(17-21)30-16-12-27-10-14-28-15-11-27;/h4-6,17,20H,3,7-16,18-19H2,1-2H3,(H,24,25);1H. The minimum atomic E-state index is 0. The van der Waals surface area contributed by atoms with E-state index in [0.29, 0.717) is 13.2 Å². The quantitative estimate of drug-likeness (QED) is 0.188. The first kappa shape index (κ1) is 26.2. The Morgan fingerprint density at radius 1 is 1.26 bits per heavy atom. The van der Waals surface area contributed by atoms with E-state index < -0.39 is 0 Å². The Morgan fingerprint density at radius 2 is 2.06 bits per heavy atom. The van der Waals surface area contributed by atoms with Gasteiger partial charge in [-0.2, -0.15) is 0 Å². The molecule has 1 N–H and O–H groups in total. The fourth-order valence-electron chi connectivity index (χ4n) is 3.33. The van der Waals surface area contributed by atoms with Crippen LogP contribution in [0.4, 0.5) is 0 Å². The minimum Gasteiger partial charge on any atom is -0.492 e. The van der Waals surface area contributed by atoms with Crippen molar-refractivity contribution in [3.05, 3.63) is 29.8 Å². The van der Waals surface area contributed by atoms with E-state index in [1.165, 1.54) is 12.8 Å². The molecule has 8 heteroatoms. The minimum absolute atomic E-state index is 0. The predicted octanol–water partition coefficient (Wildman–Crippen LogP) is 2.84. The maximum absolute atomic E-state index is 5.97. The number of rotatable bonds is 12. The molecule has 0 aromatic heterocycles. The summed E-state index contributed by atoms with van der Waals surface area (Å²) in [7, 11) is 2.06. The monoisotopic (exact) mass is 546 g/mol. The molecule has 1 saturated heterocycles. The van der Waals surface area contributed by atoms with Crippen molar-refractivity contribution in [1.29, 1.82) is 0 Å². The Kier molecular flexibility index (Phi) is 12.5. The molecular weight excluding hydrogens is 507 g/mol. The van der Waals surface area contributed by atoms with Crippen LogP contribution < -0.4 is 10.1 Å². The summed E-state index contributed by atoms with van der Waals surface area (Å²) in [5, 5.41) is 3.37. The summed E-state index contributed by atoms with van der Waals surface area (Å²) in [6.45, 7) is 11.3. The third kappa shape index (κ3) is 10.4. The molecule has 7 nitrogen and oxygen atoms in total. The molecule has 0 atom stereocenters. The molecule has 0 bridgehead atoms. The second-order valence-corrected chi connectivity index (χ2v) is 8.06. The summed E-state index contributed by atoms with van der Waals surface area (Å²) in [4.78, 5) is 9.32. The van der Waals surface area contributed by atoms with Crippen LogP contribution in [0.1, 0.15) is 25.3 Å². The zero-order valence-corrected chi connectivity index (χ0v) is 21.4. The van der Waals surface area contributed by atoms with Gasteiger partial charge in [-0.05, 0) is 43.4 Å². The van der Waals surface area contributed by atoms with Crippen LogP contribution in [0.15, 0.2) is 29.3 Å². The van der Waals surface area contributed by atoms with Crippen molar-refractivity contribution in [2.75, 3.05) is 72.8 Å². The molecule has 0 unspecified atom stereocenters. The fourth-order valence-corrected chi connectivity index (χ4v) is 3.33. The molecule has 1 aromatic carbocycles. The normalized spacial score (nSPS) is 17.2. The molecule has 1 heterocycles. The van der Waals surface area contributed by atoms with Crippen LogP contribution in [0.5, 0.6) is 5.75 Å². The lowest BCUT2D eigenvalue weighted by molar-refractivity contribution is 0.0322. The van der Waals surface area contributed by atoms with Gasteiger partial charge in [0.1, 0.15) is 12.4 Å². The van der Waals surface area contributed by atoms with Gasteiger partial charge in [-0.25, -0.2) is 4.99 Å². The SMILES string of the molecule is CCNC(=NCc1cccc(OCCN2CCOCC2)c1)N(C)CCOCC1CC1.I. The van der Waals surface area contributed by atoms with Crippen molar-refractivity contribution < 1.29 is 14.2 Å². The number of aliphatic imine (C=N–C) groups is 1. The van der Waals surface area contributed by atoms with Gasteiger partial charge in [0, 0.05) is 46.4 Å². The van der Waals surface area contributed by atoms with E-state index in [4.69, 9.17) is 19.2 Å². The third-order valence-corrected chi connectivity index (χ3v) is 5.41. The van der Waals surface area contributed by atoms with E-state index >= 15 is 0 Å². The summed E-state index contributed by atoms with van der Waals surface area (Å²) < 4.78 is 17.1.